The summed E-state index contributed by atoms with van der Waals surface area (Å²) >= 11 is 4.72. The summed E-state index contributed by atoms with van der Waals surface area (Å²) in [7, 11) is 0. The number of rotatable bonds is 4. The summed E-state index contributed by atoms with van der Waals surface area (Å²) < 4.78 is 39.1. The predicted molar refractivity (Wildman–Crippen MR) is 79.5 cm³/mol. The zero-order valence-corrected chi connectivity index (χ0v) is 12.2. The van der Waals surface area contributed by atoms with E-state index in [0.29, 0.717) is 0 Å². The summed E-state index contributed by atoms with van der Waals surface area (Å²) in [6, 6.07) is 3.75. The third-order valence-corrected chi connectivity index (χ3v) is 3.51. The molecule has 1 aliphatic rings. The number of aliphatic hydroxyl groups excluding tert-OH is 1. The fraction of sp³-hybridized carbons (Fsp3) is 0.286. The molecule has 0 aromatic heterocycles. The number of aliphatic hydroxyl groups is 1. The molecule has 1 amide bonds. The van der Waals surface area contributed by atoms with Crippen LogP contribution in [0.15, 0.2) is 29.5 Å². The van der Waals surface area contributed by atoms with Crippen LogP contribution < -0.4 is 10.6 Å². The highest BCUT2D eigenvalue weighted by molar-refractivity contribution is 7.80. The van der Waals surface area contributed by atoms with Crippen LogP contribution in [-0.2, 0) is 11.2 Å². The molecule has 1 aromatic carbocycles. The first-order chi connectivity index (χ1) is 10.3. The molecule has 0 fully saturated rings. The zero-order valence-electron chi connectivity index (χ0n) is 11.4. The number of thiocarbonyl (C=S) groups is 1. The molecule has 0 radical (unpaired) electrons. The molecular weight excluding hydrogens is 317 g/mol. The molecule has 1 aromatic rings. The third kappa shape index (κ3) is 3.06. The van der Waals surface area contributed by atoms with Gasteiger partial charge in [0.2, 0.25) is 6.43 Å². The molecule has 118 valence electrons. The van der Waals surface area contributed by atoms with E-state index in [0.717, 1.165) is 11.0 Å². The van der Waals surface area contributed by atoms with E-state index in [1.54, 1.807) is 0 Å². The van der Waals surface area contributed by atoms with Gasteiger partial charge >= 0.3 is 0 Å². The Morgan fingerprint density at radius 1 is 1.45 bits per heavy atom. The number of carbonyl (C=O) groups is 1. The molecule has 0 bridgehead atoms. The SMILES string of the molecule is NC(=S)C1=C(O)CCN(c2cccc(F)c2CC(F)F)C1=O. The van der Waals surface area contributed by atoms with Gasteiger partial charge in [0.15, 0.2) is 0 Å². The van der Waals surface area contributed by atoms with Crippen LogP contribution in [0.5, 0.6) is 0 Å². The van der Waals surface area contributed by atoms with Gasteiger partial charge < -0.3 is 15.7 Å². The Morgan fingerprint density at radius 3 is 2.73 bits per heavy atom. The van der Waals surface area contributed by atoms with Crippen LogP contribution in [0.4, 0.5) is 18.9 Å². The third-order valence-electron chi connectivity index (χ3n) is 3.31. The summed E-state index contributed by atoms with van der Waals surface area (Å²) in [6.45, 7) is 0.0243. The molecular formula is C14H13F3N2O2S. The first-order valence-corrected chi connectivity index (χ1v) is 6.83. The monoisotopic (exact) mass is 330 g/mol. The average molecular weight is 330 g/mol. The van der Waals surface area contributed by atoms with Crippen molar-refractivity contribution < 1.29 is 23.1 Å². The number of alkyl halides is 2. The summed E-state index contributed by atoms with van der Waals surface area (Å²) in [4.78, 5) is 13.2. The van der Waals surface area contributed by atoms with Crippen LogP contribution in [-0.4, -0.2) is 29.0 Å². The van der Waals surface area contributed by atoms with Crippen LogP contribution in [0.2, 0.25) is 0 Å². The molecule has 3 N–H and O–H groups in total. The number of anilines is 1. The van der Waals surface area contributed by atoms with Crippen molar-refractivity contribution in [2.75, 3.05) is 11.4 Å². The summed E-state index contributed by atoms with van der Waals surface area (Å²) in [6.07, 6.45) is -3.51. The number of hydrogen-bond acceptors (Lipinski definition) is 3. The Kier molecular flexibility index (Phi) is 4.70. The lowest BCUT2D eigenvalue weighted by atomic mass is 10.0. The fourth-order valence-electron chi connectivity index (χ4n) is 2.34. The van der Waals surface area contributed by atoms with Gasteiger partial charge in [-0.05, 0) is 12.1 Å². The normalized spacial score (nSPS) is 15.6. The van der Waals surface area contributed by atoms with Gasteiger partial charge in [-0.15, -0.1) is 0 Å². The fourth-order valence-corrected chi connectivity index (χ4v) is 2.54. The second-order valence-electron chi connectivity index (χ2n) is 4.73. The van der Waals surface area contributed by atoms with Gasteiger partial charge in [-0.2, -0.15) is 0 Å². The molecule has 22 heavy (non-hydrogen) atoms. The van der Waals surface area contributed by atoms with Crippen molar-refractivity contribution in [1.82, 2.24) is 0 Å². The lowest BCUT2D eigenvalue weighted by Gasteiger charge is -2.30. The van der Waals surface area contributed by atoms with Crippen LogP contribution in [0.25, 0.3) is 0 Å². The molecule has 0 atom stereocenters. The highest BCUT2D eigenvalue weighted by Gasteiger charge is 2.31. The maximum absolute atomic E-state index is 13.8. The number of nitrogens with zero attached hydrogens (tertiary/aromatic N) is 1. The molecule has 2 rings (SSSR count). The lowest BCUT2D eigenvalue weighted by Crippen LogP contribution is -2.41. The largest absolute Gasteiger partial charge is 0.511 e. The van der Waals surface area contributed by atoms with Crippen LogP contribution in [0.1, 0.15) is 12.0 Å². The van der Waals surface area contributed by atoms with Gasteiger partial charge in [0.1, 0.15) is 22.1 Å². The van der Waals surface area contributed by atoms with Gasteiger partial charge in [0, 0.05) is 24.9 Å². The van der Waals surface area contributed by atoms with Crippen molar-refractivity contribution in [2.24, 2.45) is 5.73 Å². The predicted octanol–water partition coefficient (Wildman–Crippen LogP) is 2.47. The summed E-state index contributed by atoms with van der Waals surface area (Å²) in [5.41, 5.74) is 4.95. The number of carbonyl (C=O) groups excluding carboxylic acids is 1. The highest BCUT2D eigenvalue weighted by atomic mass is 32.1. The molecule has 1 aliphatic heterocycles. The van der Waals surface area contributed by atoms with E-state index in [2.05, 4.69) is 0 Å². The van der Waals surface area contributed by atoms with E-state index in [1.807, 2.05) is 0 Å². The Morgan fingerprint density at radius 2 is 2.14 bits per heavy atom. The van der Waals surface area contributed by atoms with E-state index in [-0.39, 0.29) is 40.5 Å². The molecule has 0 unspecified atom stereocenters. The Balaban J connectivity index is 2.47. The van der Waals surface area contributed by atoms with Crippen LogP contribution >= 0.6 is 12.2 Å². The number of nitrogens with two attached hydrogens (primary N) is 1. The van der Waals surface area contributed by atoms with Gasteiger partial charge in [-0.25, -0.2) is 13.2 Å². The molecule has 4 nitrogen and oxygen atoms in total. The maximum Gasteiger partial charge on any atom is 0.264 e. The van der Waals surface area contributed by atoms with Gasteiger partial charge in [0.05, 0.1) is 5.69 Å². The minimum atomic E-state index is -2.76. The molecule has 0 saturated heterocycles. The van der Waals surface area contributed by atoms with E-state index in [1.165, 1.54) is 12.1 Å². The number of benzene rings is 1. The van der Waals surface area contributed by atoms with Crippen molar-refractivity contribution in [1.29, 1.82) is 0 Å². The van der Waals surface area contributed by atoms with Crippen molar-refractivity contribution >= 4 is 28.8 Å². The van der Waals surface area contributed by atoms with Crippen LogP contribution in [0.3, 0.4) is 0 Å². The number of amides is 1. The smallest absolute Gasteiger partial charge is 0.264 e. The first-order valence-electron chi connectivity index (χ1n) is 6.42. The second kappa shape index (κ2) is 6.35. The van der Waals surface area contributed by atoms with E-state index in [4.69, 9.17) is 18.0 Å². The minimum Gasteiger partial charge on any atom is -0.511 e. The first kappa shape index (κ1) is 16.3. The summed E-state index contributed by atoms with van der Waals surface area (Å²) in [5.74, 6) is -1.79. The average Bonchev–Trinajstić information content (AvgIpc) is 2.41. The van der Waals surface area contributed by atoms with Crippen molar-refractivity contribution in [2.45, 2.75) is 19.3 Å². The van der Waals surface area contributed by atoms with E-state index in [9.17, 15) is 23.1 Å². The van der Waals surface area contributed by atoms with E-state index >= 15 is 0 Å². The Bertz CT molecular complexity index is 661. The van der Waals surface area contributed by atoms with Crippen molar-refractivity contribution in [3.8, 4) is 0 Å². The number of hydrogen-bond donors (Lipinski definition) is 2. The number of halogens is 3. The molecule has 1 heterocycles. The molecule has 8 heteroatoms. The quantitative estimate of drug-likeness (QED) is 0.833. The maximum atomic E-state index is 13.8. The second-order valence-corrected chi connectivity index (χ2v) is 5.17. The Labute approximate surface area is 130 Å². The zero-order chi connectivity index (χ0) is 16.4. The topological polar surface area (TPSA) is 66.6 Å². The van der Waals surface area contributed by atoms with Crippen molar-refractivity contribution in [3.63, 3.8) is 0 Å². The van der Waals surface area contributed by atoms with Crippen LogP contribution in [0, 0.1) is 5.82 Å². The van der Waals surface area contributed by atoms with Gasteiger partial charge in [-0.3, -0.25) is 4.79 Å². The lowest BCUT2D eigenvalue weighted by molar-refractivity contribution is -0.115. The summed E-state index contributed by atoms with van der Waals surface area (Å²) in [5, 5.41) is 9.71. The molecule has 0 aliphatic carbocycles. The van der Waals surface area contributed by atoms with E-state index < -0.39 is 24.6 Å². The van der Waals surface area contributed by atoms with Gasteiger partial charge in [-0.1, -0.05) is 18.3 Å². The van der Waals surface area contributed by atoms with Crippen molar-refractivity contribution in [3.05, 3.63) is 40.9 Å². The van der Waals surface area contributed by atoms with Gasteiger partial charge in [0.25, 0.3) is 5.91 Å². The molecule has 0 spiro atoms. The highest BCUT2D eigenvalue weighted by Crippen LogP contribution is 2.30. The standard InChI is InChI=1S/C14H13F3N2O2S/c15-8-2-1-3-9(7(8)6-11(16)17)19-5-4-10(20)12(13(18)22)14(19)21/h1-3,11,20H,4-6H2,(H2,18,22). The Hall–Kier alpha value is -2.09. The minimum absolute atomic E-state index is 0.0243. The molecule has 0 saturated carbocycles.